The molecule has 0 saturated carbocycles. The molecule has 0 saturated heterocycles. The predicted octanol–water partition coefficient (Wildman–Crippen LogP) is 0.465. The zero-order valence-corrected chi connectivity index (χ0v) is 8.99. The zero-order chi connectivity index (χ0) is 13.0. The van der Waals surface area contributed by atoms with Gasteiger partial charge in [-0.3, -0.25) is 0 Å². The molecule has 0 atom stereocenters. The van der Waals surface area contributed by atoms with Gasteiger partial charge >= 0.3 is 5.51 Å². The first-order valence-electron chi connectivity index (χ1n) is 3.75. The summed E-state index contributed by atoms with van der Waals surface area (Å²) in [5.41, 5.74) is -5.65. The van der Waals surface area contributed by atoms with Gasteiger partial charge in [-0.1, -0.05) is 6.58 Å². The summed E-state index contributed by atoms with van der Waals surface area (Å²) in [5, 5.41) is 0. The van der Waals surface area contributed by atoms with Gasteiger partial charge in [0.2, 0.25) is 6.33 Å². The molecule has 1 heterocycles. The number of halogens is 3. The minimum Gasteiger partial charge on any atom is -0.741 e. The van der Waals surface area contributed by atoms with Crippen LogP contribution in [-0.2, 0) is 17.2 Å². The van der Waals surface area contributed by atoms with E-state index in [-0.39, 0.29) is 0 Å². The van der Waals surface area contributed by atoms with Crippen LogP contribution < -0.4 is 4.57 Å². The highest BCUT2D eigenvalue weighted by Crippen LogP contribution is 2.20. The predicted molar refractivity (Wildman–Crippen MR) is 47.7 cm³/mol. The molecule has 0 amide bonds. The van der Waals surface area contributed by atoms with Crippen LogP contribution in [0.2, 0.25) is 0 Å². The lowest BCUT2D eigenvalue weighted by atomic mass is 10.8. The van der Waals surface area contributed by atoms with Crippen LogP contribution >= 0.6 is 0 Å². The van der Waals surface area contributed by atoms with Gasteiger partial charge in [0.25, 0.3) is 0 Å². The number of aromatic nitrogens is 2. The summed E-state index contributed by atoms with van der Waals surface area (Å²) in [5.74, 6) is 0. The Morgan fingerprint density at radius 2 is 1.94 bits per heavy atom. The Morgan fingerprint density at radius 1 is 1.50 bits per heavy atom. The average Bonchev–Trinajstić information content (AvgIpc) is 2.48. The van der Waals surface area contributed by atoms with Gasteiger partial charge in [-0.25, -0.2) is 17.6 Å². The first kappa shape index (κ1) is 14.7. The van der Waals surface area contributed by atoms with Crippen LogP contribution in [0.1, 0.15) is 0 Å². The fraction of sp³-hybridized carbons (Fsp3) is 0.286. The Hall–Kier alpha value is -1.35. The normalized spacial score (nSPS) is 11.6. The molecule has 0 bridgehead atoms. The summed E-state index contributed by atoms with van der Waals surface area (Å²) < 4.78 is 62.8. The lowest BCUT2D eigenvalue weighted by Crippen LogP contribution is -2.23. The maximum absolute atomic E-state index is 10.7. The van der Waals surface area contributed by atoms with E-state index in [1.165, 1.54) is 0 Å². The second-order valence-electron chi connectivity index (χ2n) is 2.61. The fourth-order valence-electron chi connectivity index (χ4n) is 0.577. The van der Waals surface area contributed by atoms with Crippen molar-refractivity contribution in [3.05, 3.63) is 25.3 Å². The largest absolute Gasteiger partial charge is 0.741 e. The first-order chi connectivity index (χ1) is 7.08. The average molecular weight is 258 g/mol. The number of aryl methyl sites for hydroxylation is 1. The molecule has 92 valence electrons. The van der Waals surface area contributed by atoms with Crippen LogP contribution in [0.5, 0.6) is 0 Å². The third kappa shape index (κ3) is 4.94. The fourth-order valence-corrected chi connectivity index (χ4v) is 0.577. The van der Waals surface area contributed by atoms with E-state index in [4.69, 9.17) is 13.0 Å². The molecule has 1 aromatic rings. The van der Waals surface area contributed by atoms with Gasteiger partial charge in [0.05, 0.1) is 13.2 Å². The quantitative estimate of drug-likeness (QED) is 0.417. The van der Waals surface area contributed by atoms with Crippen LogP contribution in [0, 0.1) is 0 Å². The number of imidazole rings is 1. The Labute approximate surface area is 90.2 Å². The van der Waals surface area contributed by atoms with E-state index in [0.29, 0.717) is 0 Å². The van der Waals surface area contributed by atoms with E-state index in [2.05, 4.69) is 6.58 Å². The van der Waals surface area contributed by atoms with E-state index in [1.807, 2.05) is 34.9 Å². The van der Waals surface area contributed by atoms with Gasteiger partial charge in [-0.15, -0.1) is 0 Å². The lowest BCUT2D eigenvalue weighted by molar-refractivity contribution is -0.670. The standard InChI is InChI=1S/C6H9N2.CHF3O3S/c1-3-8-5-4-7(2)6-8;2-1(3,4)8(5,6)7/h3-6H,1H2,2H3;(H,5,6,7)/q+1;/p-1. The number of hydrogen-bond donors (Lipinski definition) is 0. The van der Waals surface area contributed by atoms with Crippen LogP contribution in [0.4, 0.5) is 13.2 Å². The zero-order valence-electron chi connectivity index (χ0n) is 8.18. The third-order valence-corrected chi connectivity index (χ3v) is 1.85. The number of hydrogen-bond acceptors (Lipinski definition) is 3. The molecule has 0 spiro atoms. The van der Waals surface area contributed by atoms with Gasteiger partial charge in [-0.2, -0.15) is 13.2 Å². The molecule has 0 fully saturated rings. The third-order valence-electron chi connectivity index (χ3n) is 1.28. The van der Waals surface area contributed by atoms with Crippen LogP contribution in [-0.4, -0.2) is 23.0 Å². The monoisotopic (exact) mass is 258 g/mol. The highest BCUT2D eigenvalue weighted by molar-refractivity contribution is 7.86. The summed E-state index contributed by atoms with van der Waals surface area (Å²) >= 11 is 0. The Bertz CT molecular complexity index is 450. The van der Waals surface area contributed by atoms with Crippen molar-refractivity contribution in [3.63, 3.8) is 0 Å². The van der Waals surface area contributed by atoms with Crippen LogP contribution in [0.15, 0.2) is 25.3 Å². The highest BCUT2D eigenvalue weighted by Gasteiger charge is 2.36. The molecule has 0 radical (unpaired) electrons. The Balaban J connectivity index is 0.000000281. The van der Waals surface area contributed by atoms with Crippen molar-refractivity contribution in [2.75, 3.05) is 0 Å². The molecule has 0 N–H and O–H groups in total. The molecule has 0 aliphatic rings. The highest BCUT2D eigenvalue weighted by atomic mass is 32.2. The molecular weight excluding hydrogens is 249 g/mol. The molecule has 1 aromatic heterocycles. The number of alkyl halides is 3. The maximum atomic E-state index is 10.7. The van der Waals surface area contributed by atoms with Crippen molar-refractivity contribution in [3.8, 4) is 0 Å². The summed E-state index contributed by atoms with van der Waals surface area (Å²) in [6, 6.07) is 0. The van der Waals surface area contributed by atoms with E-state index >= 15 is 0 Å². The van der Waals surface area contributed by atoms with Crippen molar-refractivity contribution in [1.82, 2.24) is 4.57 Å². The smallest absolute Gasteiger partial charge is 0.485 e. The molecule has 1 rings (SSSR count). The summed E-state index contributed by atoms with van der Waals surface area (Å²) in [4.78, 5) is 0. The van der Waals surface area contributed by atoms with Gasteiger partial charge < -0.3 is 4.55 Å². The molecule has 0 aromatic carbocycles. The van der Waals surface area contributed by atoms with Gasteiger partial charge in [-0.05, 0) is 0 Å². The maximum Gasteiger partial charge on any atom is 0.485 e. The van der Waals surface area contributed by atoms with Crippen molar-refractivity contribution in [2.24, 2.45) is 7.05 Å². The molecule has 0 aliphatic carbocycles. The van der Waals surface area contributed by atoms with Crippen LogP contribution in [0.25, 0.3) is 6.20 Å². The van der Waals surface area contributed by atoms with Gasteiger partial charge in [0.15, 0.2) is 10.1 Å². The molecular formula is C7H9F3N2O3S. The topological polar surface area (TPSA) is 66.0 Å². The van der Waals surface area contributed by atoms with E-state index in [9.17, 15) is 13.2 Å². The van der Waals surface area contributed by atoms with Gasteiger partial charge in [0, 0.05) is 0 Å². The Morgan fingerprint density at radius 3 is 2.06 bits per heavy atom. The second-order valence-corrected chi connectivity index (χ2v) is 3.98. The molecule has 16 heavy (non-hydrogen) atoms. The minimum atomic E-state index is -6.09. The van der Waals surface area contributed by atoms with Crippen molar-refractivity contribution in [2.45, 2.75) is 5.51 Å². The molecule has 0 unspecified atom stereocenters. The summed E-state index contributed by atoms with van der Waals surface area (Å²) in [6.45, 7) is 3.59. The lowest BCUT2D eigenvalue weighted by Gasteiger charge is -2.08. The second kappa shape index (κ2) is 5.12. The van der Waals surface area contributed by atoms with Gasteiger partial charge in [0.1, 0.15) is 12.4 Å². The van der Waals surface area contributed by atoms with E-state index in [0.717, 1.165) is 0 Å². The SMILES string of the molecule is C=Cn1cc[n+](C)c1.O=S(=O)([O-])C(F)(F)F. The van der Waals surface area contributed by atoms with Crippen molar-refractivity contribution in [1.29, 1.82) is 0 Å². The van der Waals surface area contributed by atoms with Crippen LogP contribution in [0.3, 0.4) is 0 Å². The van der Waals surface area contributed by atoms with E-state index in [1.54, 1.807) is 6.20 Å². The molecule has 5 nitrogen and oxygen atoms in total. The van der Waals surface area contributed by atoms with Crippen molar-refractivity contribution >= 4 is 16.3 Å². The minimum absolute atomic E-state index is 1.75. The number of nitrogens with zero attached hydrogens (tertiary/aromatic N) is 2. The first-order valence-corrected chi connectivity index (χ1v) is 5.16. The Kier molecular flexibility index (Phi) is 4.69. The summed E-state index contributed by atoms with van der Waals surface area (Å²) in [7, 11) is -4.12. The number of rotatable bonds is 1. The van der Waals surface area contributed by atoms with Crippen molar-refractivity contribution < 1.29 is 30.7 Å². The van der Waals surface area contributed by atoms with E-state index < -0.39 is 15.6 Å². The molecule has 0 aliphatic heterocycles. The molecule has 9 heteroatoms. The summed E-state index contributed by atoms with van der Waals surface area (Å²) in [6.07, 6.45) is 7.58.